The summed E-state index contributed by atoms with van der Waals surface area (Å²) in [6, 6.07) is 0.367. The normalized spacial score (nSPS) is 38.7. The largest absolute Gasteiger partial charge is 0.478 e. The Balaban J connectivity index is 1.65. The number of carboxylic acid groups (broad SMARTS) is 1. The first-order valence-corrected chi connectivity index (χ1v) is 7.39. The third-order valence-electron chi connectivity index (χ3n) is 5.35. The molecular weight excluding hydrogens is 256 g/mol. The zero-order valence-electron chi connectivity index (χ0n) is 11.2. The van der Waals surface area contributed by atoms with Gasteiger partial charge >= 0.3 is 5.97 Å². The molecule has 0 radical (unpaired) electrons. The summed E-state index contributed by atoms with van der Waals surface area (Å²) in [4.78, 5) is 10.7. The fraction of sp³-hybridized carbons (Fsp3) is 0.714. The molecule has 0 atom stereocenters. The topological polar surface area (TPSA) is 80.9 Å². The van der Waals surface area contributed by atoms with Crippen molar-refractivity contribution in [2.24, 2.45) is 23.7 Å². The summed E-state index contributed by atoms with van der Waals surface area (Å²) in [5.74, 6) is 2.76. The molecule has 6 nitrogen and oxygen atoms in total. The van der Waals surface area contributed by atoms with Gasteiger partial charge in [0.2, 0.25) is 0 Å². The van der Waals surface area contributed by atoms with Crippen molar-refractivity contribution in [2.75, 3.05) is 0 Å². The van der Waals surface area contributed by atoms with Crippen LogP contribution in [0, 0.1) is 23.7 Å². The van der Waals surface area contributed by atoms with Crippen LogP contribution in [-0.4, -0.2) is 31.3 Å². The molecule has 4 bridgehead atoms. The van der Waals surface area contributed by atoms with Gasteiger partial charge in [-0.15, -0.1) is 5.10 Å². The Kier molecular flexibility index (Phi) is 2.65. The van der Waals surface area contributed by atoms with Gasteiger partial charge in [-0.1, -0.05) is 0 Å². The number of nitrogens with zero attached hydrogens (tertiary/aromatic N) is 4. The molecule has 4 saturated carbocycles. The second-order valence-corrected chi connectivity index (χ2v) is 6.57. The highest BCUT2D eigenvalue weighted by Gasteiger charge is 2.49. The lowest BCUT2D eigenvalue weighted by Gasteiger charge is -2.54. The molecule has 0 amide bonds. The number of tetrazole rings is 1. The van der Waals surface area contributed by atoms with Gasteiger partial charge < -0.3 is 5.11 Å². The summed E-state index contributed by atoms with van der Waals surface area (Å²) >= 11 is 0. The monoisotopic (exact) mass is 274 g/mol. The maximum atomic E-state index is 10.7. The van der Waals surface area contributed by atoms with Gasteiger partial charge in [0.15, 0.2) is 5.82 Å². The van der Waals surface area contributed by atoms with Crippen molar-refractivity contribution in [3.05, 3.63) is 11.9 Å². The molecule has 5 rings (SSSR count). The maximum absolute atomic E-state index is 10.7. The minimum Gasteiger partial charge on any atom is -0.478 e. The van der Waals surface area contributed by atoms with Gasteiger partial charge in [0.05, 0.1) is 6.04 Å². The van der Waals surface area contributed by atoms with Crippen LogP contribution in [0.15, 0.2) is 6.08 Å². The van der Waals surface area contributed by atoms with Gasteiger partial charge in [-0.25, -0.2) is 9.48 Å². The smallest absolute Gasteiger partial charge is 0.328 e. The number of aliphatic carboxylic acids is 1. The Bertz CT molecular complexity index is 537. The average molecular weight is 274 g/mol. The van der Waals surface area contributed by atoms with Gasteiger partial charge in [0.25, 0.3) is 0 Å². The third-order valence-corrected chi connectivity index (χ3v) is 5.35. The number of carbonyl (C=O) groups is 1. The average Bonchev–Trinajstić information content (AvgIpc) is 2.83. The molecule has 0 unspecified atom stereocenters. The lowest BCUT2D eigenvalue weighted by molar-refractivity contribution is -0.131. The van der Waals surface area contributed by atoms with E-state index >= 15 is 0 Å². The maximum Gasteiger partial charge on any atom is 0.328 e. The van der Waals surface area contributed by atoms with E-state index in [1.165, 1.54) is 38.2 Å². The number of aromatic nitrogens is 4. The van der Waals surface area contributed by atoms with Crippen molar-refractivity contribution in [1.29, 1.82) is 0 Å². The molecule has 0 aromatic carbocycles. The van der Waals surface area contributed by atoms with Gasteiger partial charge in [0, 0.05) is 6.08 Å². The Morgan fingerprint density at radius 2 is 1.80 bits per heavy atom. The quantitative estimate of drug-likeness (QED) is 0.849. The van der Waals surface area contributed by atoms with Crippen molar-refractivity contribution in [1.82, 2.24) is 20.2 Å². The van der Waals surface area contributed by atoms with E-state index in [1.54, 1.807) is 0 Å². The van der Waals surface area contributed by atoms with Crippen molar-refractivity contribution < 1.29 is 9.90 Å². The van der Waals surface area contributed by atoms with E-state index in [0.29, 0.717) is 23.7 Å². The first-order valence-electron chi connectivity index (χ1n) is 7.39. The predicted octanol–water partition coefficient (Wildman–Crippen LogP) is 1.77. The molecule has 4 aliphatic rings. The molecule has 20 heavy (non-hydrogen) atoms. The summed E-state index contributed by atoms with van der Waals surface area (Å²) in [6.45, 7) is 0. The Labute approximate surface area is 116 Å². The minimum absolute atomic E-state index is 0.367. The number of hydrogen-bond acceptors (Lipinski definition) is 4. The summed E-state index contributed by atoms with van der Waals surface area (Å²) in [5.41, 5.74) is 0. The van der Waals surface area contributed by atoms with E-state index in [4.69, 9.17) is 5.11 Å². The summed E-state index contributed by atoms with van der Waals surface area (Å²) in [7, 11) is 0. The minimum atomic E-state index is -0.968. The molecule has 0 saturated heterocycles. The van der Waals surface area contributed by atoms with Crippen LogP contribution in [0.4, 0.5) is 0 Å². The summed E-state index contributed by atoms with van der Waals surface area (Å²) in [5, 5.41) is 20.6. The molecule has 106 valence electrons. The zero-order chi connectivity index (χ0) is 13.7. The highest BCUT2D eigenvalue weighted by atomic mass is 16.4. The highest BCUT2D eigenvalue weighted by Crippen LogP contribution is 2.58. The van der Waals surface area contributed by atoms with Gasteiger partial charge in [-0.2, -0.15) is 0 Å². The van der Waals surface area contributed by atoms with E-state index in [0.717, 1.165) is 17.9 Å². The fourth-order valence-electron chi connectivity index (χ4n) is 4.96. The van der Waals surface area contributed by atoms with Crippen molar-refractivity contribution in [3.8, 4) is 0 Å². The molecule has 1 aromatic rings. The van der Waals surface area contributed by atoms with Crippen LogP contribution >= 0.6 is 0 Å². The molecular formula is C14H18N4O2. The SMILES string of the molecule is O=C(O)/C=C/c1nnnn1C1C2CC3CC(C2)CC1C3. The third kappa shape index (κ3) is 1.85. The molecule has 0 spiro atoms. The van der Waals surface area contributed by atoms with Crippen LogP contribution in [-0.2, 0) is 4.79 Å². The summed E-state index contributed by atoms with van der Waals surface area (Å²) < 4.78 is 1.88. The zero-order valence-corrected chi connectivity index (χ0v) is 11.2. The van der Waals surface area contributed by atoms with Crippen LogP contribution in [0.1, 0.15) is 44.0 Å². The highest BCUT2D eigenvalue weighted by molar-refractivity contribution is 5.84. The molecule has 1 aromatic heterocycles. The Morgan fingerprint density at radius 1 is 1.15 bits per heavy atom. The number of hydrogen-bond donors (Lipinski definition) is 1. The van der Waals surface area contributed by atoms with Crippen LogP contribution in [0.25, 0.3) is 6.08 Å². The molecule has 1 N–H and O–H groups in total. The molecule has 4 aliphatic carbocycles. The van der Waals surface area contributed by atoms with Crippen LogP contribution in [0.3, 0.4) is 0 Å². The van der Waals surface area contributed by atoms with Gasteiger partial charge in [-0.3, -0.25) is 0 Å². The Morgan fingerprint density at radius 3 is 2.40 bits per heavy atom. The van der Waals surface area contributed by atoms with Crippen LogP contribution in [0.5, 0.6) is 0 Å². The number of carboxylic acids is 1. The van der Waals surface area contributed by atoms with E-state index in [-0.39, 0.29) is 0 Å². The Hall–Kier alpha value is -1.72. The van der Waals surface area contributed by atoms with Crippen LogP contribution < -0.4 is 0 Å². The van der Waals surface area contributed by atoms with E-state index in [2.05, 4.69) is 15.5 Å². The van der Waals surface area contributed by atoms with Gasteiger partial charge in [0.1, 0.15) is 0 Å². The lowest BCUT2D eigenvalue weighted by atomic mass is 9.54. The second kappa shape index (κ2) is 4.40. The molecule has 0 aliphatic heterocycles. The molecule has 4 fully saturated rings. The lowest BCUT2D eigenvalue weighted by Crippen LogP contribution is -2.46. The fourth-order valence-corrected chi connectivity index (χ4v) is 4.96. The van der Waals surface area contributed by atoms with E-state index in [9.17, 15) is 4.79 Å². The van der Waals surface area contributed by atoms with Crippen molar-refractivity contribution in [3.63, 3.8) is 0 Å². The predicted molar refractivity (Wildman–Crippen MR) is 70.6 cm³/mol. The van der Waals surface area contributed by atoms with E-state index < -0.39 is 5.97 Å². The van der Waals surface area contributed by atoms with Crippen molar-refractivity contribution in [2.45, 2.75) is 38.1 Å². The van der Waals surface area contributed by atoms with Gasteiger partial charge in [-0.05, 0) is 72.3 Å². The van der Waals surface area contributed by atoms with Crippen LogP contribution in [0.2, 0.25) is 0 Å². The molecule has 6 heteroatoms. The first kappa shape index (κ1) is 12.1. The molecule has 1 heterocycles. The second-order valence-electron chi connectivity index (χ2n) is 6.57. The number of rotatable bonds is 3. The standard InChI is InChI=1S/C14H18N4O2/c19-13(20)2-1-12-15-16-17-18(12)14-10-4-8-3-9(6-10)7-11(14)5-8/h1-2,8-11,14H,3-7H2,(H,19,20)/b2-1+. The van der Waals surface area contributed by atoms with Crippen molar-refractivity contribution >= 4 is 12.0 Å². The summed E-state index contributed by atoms with van der Waals surface area (Å²) in [6.07, 6.45) is 9.20. The van der Waals surface area contributed by atoms with E-state index in [1.807, 2.05) is 4.68 Å². The first-order chi connectivity index (χ1) is 9.70.